The van der Waals surface area contributed by atoms with E-state index in [1.54, 1.807) is 0 Å². The second kappa shape index (κ2) is 15.6. The summed E-state index contributed by atoms with van der Waals surface area (Å²) in [4.78, 5) is 100. The first kappa shape index (κ1) is 33.9. The van der Waals surface area contributed by atoms with Gasteiger partial charge in [-0.1, -0.05) is 0 Å². The van der Waals surface area contributed by atoms with Crippen LogP contribution >= 0.6 is 0 Å². The molecule has 0 spiro atoms. The van der Waals surface area contributed by atoms with E-state index in [0.29, 0.717) is 17.9 Å². The number of rotatable bonds is 16. The Morgan fingerprint density at radius 2 is 1.36 bits per heavy atom. The molecule has 2 saturated heterocycles. The highest BCUT2D eigenvalue weighted by Gasteiger charge is 2.41. The van der Waals surface area contributed by atoms with Crippen molar-refractivity contribution in [3.05, 3.63) is 0 Å². The van der Waals surface area contributed by atoms with Crippen LogP contribution in [0.5, 0.6) is 0 Å². The zero-order chi connectivity index (χ0) is 31.6. The lowest BCUT2D eigenvalue weighted by molar-refractivity contribution is -0.158. The predicted octanol–water partition coefficient (Wildman–Crippen LogP) is -4.19. The molecule has 42 heavy (non-hydrogen) atoms. The Kier molecular flexibility index (Phi) is 12.6. The summed E-state index contributed by atoms with van der Waals surface area (Å²) >= 11 is 0. The van der Waals surface area contributed by atoms with E-state index in [1.807, 2.05) is 0 Å². The summed E-state index contributed by atoms with van der Waals surface area (Å²) in [5.74, 6) is -7.25. The first-order valence-electron chi connectivity index (χ1n) is 13.5. The molecule has 2 fully saturated rings. The fraction of sp³-hybridized carbons (Fsp3) is 0.667. The monoisotopic (exact) mass is 598 g/mol. The number of carbonyl (C=O) groups is 8. The van der Waals surface area contributed by atoms with E-state index in [-0.39, 0.29) is 58.2 Å². The SMILES string of the molecule is NCC(=O)N1CCC[C@H]1C(=O)N(NCC(=O)N1CCC[C@H]1C(=O)N[C@@H](CCC(N)=O)C(=O)O)[C@@H](CCC(N)=O)C(=O)O. The maximum absolute atomic E-state index is 13.5. The molecule has 2 aliphatic rings. The van der Waals surface area contributed by atoms with Crippen molar-refractivity contribution in [1.82, 2.24) is 25.6 Å². The molecule has 0 aromatic rings. The van der Waals surface area contributed by atoms with Gasteiger partial charge in [-0.2, -0.15) is 0 Å². The Morgan fingerprint density at radius 1 is 0.810 bits per heavy atom. The molecule has 6 amide bonds. The zero-order valence-corrected chi connectivity index (χ0v) is 23.0. The third-order valence-corrected chi connectivity index (χ3v) is 7.10. The van der Waals surface area contributed by atoms with Crippen molar-refractivity contribution in [3.63, 3.8) is 0 Å². The fourth-order valence-corrected chi connectivity index (χ4v) is 4.99. The standard InChI is InChI=1S/C24H38N8O10/c25-11-19(35)31-10-2-4-15(31)22(38)32(16(24(41)42)6-8-18(27)34)28-12-20(36)30-9-1-3-14(30)21(37)29-13(23(39)40)5-7-17(26)33/h13-16,28H,1-12,25H2,(H2,26,33)(H2,27,34)(H,29,37)(H,39,40)(H,41,42)/t13-,14-,15-,16-/m0/s1. The number of likely N-dealkylation sites (tertiary alicyclic amines) is 2. The molecule has 2 aliphatic heterocycles. The van der Waals surface area contributed by atoms with Crippen LogP contribution in [0.15, 0.2) is 0 Å². The minimum absolute atomic E-state index is 0.122. The molecule has 0 aliphatic carbocycles. The Bertz CT molecular complexity index is 1090. The van der Waals surface area contributed by atoms with Crippen molar-refractivity contribution in [2.45, 2.75) is 75.5 Å². The molecule has 2 rings (SSSR count). The Labute approximate surface area is 240 Å². The van der Waals surface area contributed by atoms with Crippen molar-refractivity contribution >= 4 is 47.4 Å². The first-order valence-corrected chi connectivity index (χ1v) is 13.5. The summed E-state index contributed by atoms with van der Waals surface area (Å²) < 4.78 is 0. The maximum Gasteiger partial charge on any atom is 0.328 e. The van der Waals surface area contributed by atoms with Gasteiger partial charge in [0, 0.05) is 25.9 Å². The van der Waals surface area contributed by atoms with E-state index in [9.17, 15) is 48.6 Å². The van der Waals surface area contributed by atoms with Gasteiger partial charge in [0.15, 0.2) is 0 Å². The van der Waals surface area contributed by atoms with E-state index in [2.05, 4.69) is 10.7 Å². The van der Waals surface area contributed by atoms with Gasteiger partial charge >= 0.3 is 11.9 Å². The second-order valence-electron chi connectivity index (χ2n) is 10.0. The van der Waals surface area contributed by atoms with Gasteiger partial charge in [-0.3, -0.25) is 33.8 Å². The van der Waals surface area contributed by atoms with Gasteiger partial charge in [-0.05, 0) is 38.5 Å². The van der Waals surface area contributed by atoms with Crippen molar-refractivity contribution in [1.29, 1.82) is 0 Å². The molecule has 18 heteroatoms. The van der Waals surface area contributed by atoms with Gasteiger partial charge in [0.05, 0.1) is 13.1 Å². The van der Waals surface area contributed by atoms with E-state index >= 15 is 0 Å². The van der Waals surface area contributed by atoms with Crippen LogP contribution in [0.1, 0.15) is 51.4 Å². The van der Waals surface area contributed by atoms with Crippen LogP contribution in [0.4, 0.5) is 0 Å². The van der Waals surface area contributed by atoms with E-state index in [0.717, 1.165) is 4.90 Å². The largest absolute Gasteiger partial charge is 0.480 e. The Morgan fingerprint density at radius 3 is 1.88 bits per heavy atom. The predicted molar refractivity (Wildman–Crippen MR) is 141 cm³/mol. The summed E-state index contributed by atoms with van der Waals surface area (Å²) in [7, 11) is 0. The van der Waals surface area contributed by atoms with Gasteiger partial charge in [0.2, 0.25) is 29.5 Å². The molecular formula is C24H38N8O10. The summed E-state index contributed by atoms with van der Waals surface area (Å²) in [6, 6.07) is -5.16. The second-order valence-corrected chi connectivity index (χ2v) is 10.0. The molecule has 0 unspecified atom stereocenters. The molecule has 0 aromatic carbocycles. The quantitative estimate of drug-likeness (QED) is 0.0833. The van der Waals surface area contributed by atoms with E-state index in [1.165, 1.54) is 4.90 Å². The lowest BCUT2D eigenvalue weighted by Gasteiger charge is -2.34. The normalized spacial score (nSPS) is 19.5. The van der Waals surface area contributed by atoms with Gasteiger partial charge in [-0.25, -0.2) is 15.0 Å². The lowest BCUT2D eigenvalue weighted by Crippen LogP contribution is -2.61. The number of primary amides is 2. The number of nitrogens with one attached hydrogen (secondary N) is 2. The lowest BCUT2D eigenvalue weighted by atomic mass is 10.1. The molecular weight excluding hydrogens is 560 g/mol. The summed E-state index contributed by atoms with van der Waals surface area (Å²) in [5, 5.41) is 22.2. The van der Waals surface area contributed by atoms with Crippen LogP contribution in [0.25, 0.3) is 0 Å². The molecule has 0 saturated carbocycles. The molecule has 0 radical (unpaired) electrons. The Hall–Kier alpha value is -4.32. The molecule has 234 valence electrons. The minimum atomic E-state index is -1.63. The van der Waals surface area contributed by atoms with E-state index < -0.39 is 78.1 Å². The molecule has 2 heterocycles. The highest BCUT2D eigenvalue weighted by atomic mass is 16.4. The van der Waals surface area contributed by atoms with Crippen molar-refractivity contribution in [3.8, 4) is 0 Å². The van der Waals surface area contributed by atoms with Gasteiger partial charge in [0.25, 0.3) is 5.91 Å². The smallest absolute Gasteiger partial charge is 0.328 e. The number of hydrazine groups is 1. The third kappa shape index (κ3) is 9.10. The molecule has 0 aromatic heterocycles. The van der Waals surface area contributed by atoms with Crippen LogP contribution in [-0.4, -0.2) is 123 Å². The maximum atomic E-state index is 13.5. The first-order chi connectivity index (χ1) is 19.8. The zero-order valence-electron chi connectivity index (χ0n) is 23.0. The topological polar surface area (TPSA) is 289 Å². The highest BCUT2D eigenvalue weighted by molar-refractivity contribution is 5.93. The van der Waals surface area contributed by atoms with Crippen LogP contribution in [0, 0.1) is 0 Å². The Balaban J connectivity index is 2.21. The van der Waals surface area contributed by atoms with Gasteiger partial charge in [0.1, 0.15) is 24.2 Å². The van der Waals surface area contributed by atoms with Crippen molar-refractivity contribution < 1.29 is 48.6 Å². The summed E-state index contributed by atoms with van der Waals surface area (Å²) in [6.07, 6.45) is -0.0240. The number of nitrogens with two attached hydrogens (primary N) is 3. The number of nitrogens with zero attached hydrogens (tertiary/aromatic N) is 3. The number of carbonyl (C=O) groups excluding carboxylic acids is 6. The molecule has 4 atom stereocenters. The summed E-state index contributed by atoms with van der Waals surface area (Å²) in [5.41, 5.74) is 18.2. The molecule has 10 N–H and O–H groups in total. The van der Waals surface area contributed by atoms with Crippen LogP contribution < -0.4 is 27.9 Å². The fourth-order valence-electron chi connectivity index (χ4n) is 4.99. The third-order valence-electron chi connectivity index (χ3n) is 7.10. The molecule has 18 nitrogen and oxygen atoms in total. The average molecular weight is 599 g/mol. The number of aliphatic carboxylic acids is 2. The molecule has 0 bridgehead atoms. The average Bonchev–Trinajstić information content (AvgIpc) is 3.61. The number of carboxylic acids is 2. The van der Waals surface area contributed by atoms with Gasteiger partial charge < -0.3 is 42.5 Å². The minimum Gasteiger partial charge on any atom is -0.480 e. The van der Waals surface area contributed by atoms with Crippen molar-refractivity contribution in [2.75, 3.05) is 26.2 Å². The highest BCUT2D eigenvalue weighted by Crippen LogP contribution is 2.22. The summed E-state index contributed by atoms with van der Waals surface area (Å²) in [6.45, 7) is -0.669. The van der Waals surface area contributed by atoms with Crippen LogP contribution in [-0.2, 0) is 38.4 Å². The number of amides is 6. The van der Waals surface area contributed by atoms with Crippen LogP contribution in [0.2, 0.25) is 0 Å². The van der Waals surface area contributed by atoms with Gasteiger partial charge in [-0.15, -0.1) is 0 Å². The van der Waals surface area contributed by atoms with E-state index in [4.69, 9.17) is 17.2 Å². The number of carboxylic acid groups (broad SMARTS) is 2. The number of hydrogen-bond donors (Lipinski definition) is 7. The van der Waals surface area contributed by atoms with Crippen LogP contribution in [0.3, 0.4) is 0 Å². The number of hydrogen-bond acceptors (Lipinski definition) is 10. The van der Waals surface area contributed by atoms with Crippen molar-refractivity contribution in [2.24, 2.45) is 17.2 Å².